The van der Waals surface area contributed by atoms with E-state index >= 15 is 0 Å². The molecule has 0 unspecified atom stereocenters. The molecule has 11 rings (SSSR count). The molecule has 0 aliphatic rings. The van der Waals surface area contributed by atoms with Gasteiger partial charge in [0.05, 0.1) is 11.0 Å². The molecule has 3 heterocycles. The fraction of sp³-hybridized carbons (Fsp3) is 0. The second-order valence-corrected chi connectivity index (χ2v) is 12.8. The first kappa shape index (κ1) is 27.1. The van der Waals surface area contributed by atoms with Gasteiger partial charge in [-0.2, -0.15) is 9.97 Å². The van der Waals surface area contributed by atoms with Crippen molar-refractivity contribution in [2.75, 3.05) is 0 Å². The zero-order valence-corrected chi connectivity index (χ0v) is 26.7. The van der Waals surface area contributed by atoms with Gasteiger partial charge in [0.2, 0.25) is 5.95 Å². The van der Waals surface area contributed by atoms with Gasteiger partial charge in [0, 0.05) is 32.7 Å². The molecule has 232 valence electrons. The Hall–Kier alpha value is -6.85. The number of hydrogen-bond donors (Lipinski definition) is 0. The lowest BCUT2D eigenvalue weighted by Crippen LogP contribution is -2.06. The van der Waals surface area contributed by atoms with E-state index in [4.69, 9.17) is 19.4 Å². The summed E-state index contributed by atoms with van der Waals surface area (Å²) < 4.78 is 8.46. The van der Waals surface area contributed by atoms with Crippen LogP contribution in [0.3, 0.4) is 0 Å². The van der Waals surface area contributed by atoms with Gasteiger partial charge in [0.15, 0.2) is 11.6 Å². The van der Waals surface area contributed by atoms with E-state index in [-0.39, 0.29) is 0 Å². The lowest BCUT2D eigenvalue weighted by Gasteiger charge is -2.12. The van der Waals surface area contributed by atoms with Crippen molar-refractivity contribution in [3.8, 4) is 39.9 Å². The number of rotatable bonds is 4. The molecular weight excluding hydrogens is 613 g/mol. The summed E-state index contributed by atoms with van der Waals surface area (Å²) in [4.78, 5) is 15.5. The molecule has 0 radical (unpaired) electrons. The average molecular weight is 639 g/mol. The Morgan fingerprint density at radius 1 is 0.360 bits per heavy atom. The lowest BCUT2D eigenvalue weighted by atomic mass is 9.93. The molecule has 0 spiro atoms. The molecule has 0 saturated carbocycles. The molecule has 0 aliphatic carbocycles. The minimum Gasteiger partial charge on any atom is -0.456 e. The second kappa shape index (κ2) is 10.3. The monoisotopic (exact) mass is 638 g/mol. The predicted octanol–water partition coefficient (Wildman–Crippen LogP) is 11.6. The second-order valence-electron chi connectivity index (χ2n) is 12.8. The standard InChI is InChI=1S/C45H26N4O/c1-3-11-27(12-4-1)29-22-24-38-36(25-29)32-15-7-8-18-37(32)49(38)45-47-43(28-13-5-2-6-14-28)46-44(48-45)30-21-23-31-33-16-9-19-39-41(33)42-34(35(31)26-30)17-10-20-40(42)50-39/h1-26H. The van der Waals surface area contributed by atoms with Crippen LogP contribution in [0.15, 0.2) is 162 Å². The lowest BCUT2D eigenvalue weighted by molar-refractivity contribution is 0.669. The number of furan rings is 1. The first-order valence-electron chi connectivity index (χ1n) is 16.8. The minimum atomic E-state index is 0.578. The van der Waals surface area contributed by atoms with Gasteiger partial charge >= 0.3 is 0 Å². The van der Waals surface area contributed by atoms with Gasteiger partial charge in [0.1, 0.15) is 11.2 Å². The Morgan fingerprint density at radius 2 is 0.940 bits per heavy atom. The summed E-state index contributed by atoms with van der Waals surface area (Å²) in [6.07, 6.45) is 0. The summed E-state index contributed by atoms with van der Waals surface area (Å²) >= 11 is 0. The van der Waals surface area contributed by atoms with E-state index in [0.29, 0.717) is 17.6 Å². The largest absolute Gasteiger partial charge is 0.456 e. The smallest absolute Gasteiger partial charge is 0.238 e. The van der Waals surface area contributed by atoms with Gasteiger partial charge < -0.3 is 4.42 Å². The fourth-order valence-corrected chi connectivity index (χ4v) is 7.77. The van der Waals surface area contributed by atoms with Crippen molar-refractivity contribution in [3.05, 3.63) is 158 Å². The highest BCUT2D eigenvalue weighted by atomic mass is 16.3. The predicted molar refractivity (Wildman–Crippen MR) is 204 cm³/mol. The molecule has 0 saturated heterocycles. The van der Waals surface area contributed by atoms with E-state index in [1.165, 1.54) is 27.3 Å². The quantitative estimate of drug-likeness (QED) is 0.180. The molecule has 5 heteroatoms. The van der Waals surface area contributed by atoms with E-state index in [1.807, 2.05) is 18.2 Å². The maximum absolute atomic E-state index is 6.29. The summed E-state index contributed by atoms with van der Waals surface area (Å²) in [5.41, 5.74) is 8.11. The Labute approximate surface area is 286 Å². The van der Waals surface area contributed by atoms with Crippen LogP contribution in [0.4, 0.5) is 0 Å². The van der Waals surface area contributed by atoms with Gasteiger partial charge in [-0.25, -0.2) is 4.98 Å². The number of fused-ring (bicyclic) bond motifs is 6. The number of benzene rings is 8. The van der Waals surface area contributed by atoms with Crippen LogP contribution < -0.4 is 0 Å². The first-order valence-corrected chi connectivity index (χ1v) is 16.8. The van der Waals surface area contributed by atoms with Gasteiger partial charge in [-0.3, -0.25) is 4.57 Å². The molecule has 0 amide bonds. The van der Waals surface area contributed by atoms with Gasteiger partial charge in [-0.1, -0.05) is 121 Å². The number of para-hydroxylation sites is 1. The van der Waals surface area contributed by atoms with Crippen molar-refractivity contribution < 1.29 is 4.42 Å². The van der Waals surface area contributed by atoms with E-state index < -0.39 is 0 Å². The van der Waals surface area contributed by atoms with Crippen molar-refractivity contribution in [1.29, 1.82) is 0 Å². The fourth-order valence-electron chi connectivity index (χ4n) is 7.77. The van der Waals surface area contributed by atoms with Crippen molar-refractivity contribution in [3.63, 3.8) is 0 Å². The van der Waals surface area contributed by atoms with Crippen LogP contribution in [-0.4, -0.2) is 19.5 Å². The summed E-state index contributed by atoms with van der Waals surface area (Å²) in [6, 6.07) is 55.0. The molecule has 3 aromatic heterocycles. The van der Waals surface area contributed by atoms with Crippen LogP contribution in [0.2, 0.25) is 0 Å². The summed E-state index contributed by atoms with van der Waals surface area (Å²) in [6.45, 7) is 0. The Morgan fingerprint density at radius 3 is 1.70 bits per heavy atom. The van der Waals surface area contributed by atoms with E-state index in [9.17, 15) is 0 Å². The highest BCUT2D eigenvalue weighted by Gasteiger charge is 2.20. The molecule has 8 aromatic carbocycles. The molecular formula is C45H26N4O. The van der Waals surface area contributed by atoms with Crippen LogP contribution in [0.25, 0.3) is 105 Å². The highest BCUT2D eigenvalue weighted by molar-refractivity contribution is 6.33. The number of hydrogen-bond acceptors (Lipinski definition) is 4. The molecule has 0 fully saturated rings. The maximum Gasteiger partial charge on any atom is 0.238 e. The van der Waals surface area contributed by atoms with Crippen LogP contribution >= 0.6 is 0 Å². The van der Waals surface area contributed by atoms with Crippen molar-refractivity contribution >= 4 is 65.3 Å². The van der Waals surface area contributed by atoms with Crippen molar-refractivity contribution in [2.24, 2.45) is 0 Å². The third-order valence-corrected chi connectivity index (χ3v) is 10.0. The highest BCUT2D eigenvalue weighted by Crippen LogP contribution is 2.43. The maximum atomic E-state index is 6.29. The van der Waals surface area contributed by atoms with Crippen LogP contribution in [-0.2, 0) is 0 Å². The van der Waals surface area contributed by atoms with Gasteiger partial charge in [-0.15, -0.1) is 0 Å². The van der Waals surface area contributed by atoms with Crippen LogP contribution in [0.5, 0.6) is 0 Å². The average Bonchev–Trinajstić information content (AvgIpc) is 3.74. The summed E-state index contributed by atoms with van der Waals surface area (Å²) in [5.74, 6) is 1.82. The molecule has 0 atom stereocenters. The van der Waals surface area contributed by atoms with Gasteiger partial charge in [-0.05, 0) is 69.1 Å². The first-order chi connectivity index (χ1) is 24.8. The van der Waals surface area contributed by atoms with E-state index in [1.54, 1.807) is 0 Å². The minimum absolute atomic E-state index is 0.578. The summed E-state index contributed by atoms with van der Waals surface area (Å²) in [7, 11) is 0. The Kier molecular flexibility index (Phi) is 5.60. The molecule has 0 N–H and O–H groups in total. The zero-order chi connectivity index (χ0) is 32.8. The topological polar surface area (TPSA) is 56.7 Å². The molecule has 50 heavy (non-hydrogen) atoms. The van der Waals surface area contributed by atoms with Crippen LogP contribution in [0.1, 0.15) is 0 Å². The van der Waals surface area contributed by atoms with Crippen molar-refractivity contribution in [1.82, 2.24) is 19.5 Å². The summed E-state index contributed by atoms with van der Waals surface area (Å²) in [5, 5.41) is 9.29. The molecule has 0 aliphatic heterocycles. The molecule has 5 nitrogen and oxygen atoms in total. The normalized spacial score (nSPS) is 12.0. The van der Waals surface area contributed by atoms with Crippen LogP contribution in [0, 0.1) is 0 Å². The molecule has 11 aromatic rings. The number of aromatic nitrogens is 4. The van der Waals surface area contributed by atoms with Gasteiger partial charge in [0.25, 0.3) is 0 Å². The Bertz CT molecular complexity index is 3090. The Balaban J connectivity index is 1.18. The van der Waals surface area contributed by atoms with E-state index in [0.717, 1.165) is 60.3 Å². The third kappa shape index (κ3) is 3.92. The molecule has 0 bridgehead atoms. The number of nitrogens with zero attached hydrogens (tertiary/aromatic N) is 4. The third-order valence-electron chi connectivity index (χ3n) is 10.0. The zero-order valence-electron chi connectivity index (χ0n) is 26.7. The SMILES string of the molecule is c1ccc(-c2ccc3c(c2)c2ccccc2n3-c2nc(-c3ccccc3)nc(-c3ccc4c(c3)c3cccc5oc6cccc4c6c53)n2)cc1. The van der Waals surface area contributed by atoms with Crippen molar-refractivity contribution in [2.45, 2.75) is 0 Å². The van der Waals surface area contributed by atoms with E-state index in [2.05, 4.69) is 144 Å².